The minimum atomic E-state index is -0.735. The van der Waals surface area contributed by atoms with Crippen LogP contribution in [0.4, 0.5) is 17.2 Å². The predicted molar refractivity (Wildman–Crippen MR) is 142 cm³/mol. The van der Waals surface area contributed by atoms with Gasteiger partial charge in [0.2, 0.25) is 0 Å². The zero-order valence-corrected chi connectivity index (χ0v) is 21.7. The number of anilines is 2. The van der Waals surface area contributed by atoms with E-state index in [-0.39, 0.29) is 16.6 Å². The molecule has 4 rings (SSSR count). The van der Waals surface area contributed by atoms with Gasteiger partial charge in [0.1, 0.15) is 18.1 Å². The molecule has 1 N–H and O–H groups in total. The molecule has 0 spiro atoms. The molecule has 0 fully saturated rings. The number of amidine groups is 1. The lowest BCUT2D eigenvalue weighted by molar-refractivity contribution is -0.384. The van der Waals surface area contributed by atoms with Gasteiger partial charge in [0.25, 0.3) is 5.69 Å². The zero-order valence-electron chi connectivity index (χ0n) is 21.7. The molecule has 2 heterocycles. The molecule has 0 saturated heterocycles. The largest absolute Gasteiger partial charge is 0.323 e. The molecule has 1 aliphatic rings. The molecule has 0 saturated carbocycles. The van der Waals surface area contributed by atoms with E-state index in [1.165, 1.54) is 12.1 Å². The van der Waals surface area contributed by atoms with Gasteiger partial charge in [0.15, 0.2) is 5.84 Å². The molecule has 188 valence electrons. The van der Waals surface area contributed by atoms with Gasteiger partial charge in [-0.15, -0.1) is 0 Å². The SMILES string of the molecule is Cc1cc(NC2=NN(c3ccc(C(C)(C)C)cc3)C(C=O)c3ccc([N+](=O)[O-])cc32)n(C(C)(C)C)n1. The highest BCUT2D eigenvalue weighted by molar-refractivity contribution is 6.11. The van der Waals surface area contributed by atoms with Crippen LogP contribution in [0.15, 0.2) is 53.6 Å². The Bertz CT molecular complexity index is 1340. The standard InChI is InChI=1S/C27H32N6O3/c1-17-14-24(32(29-17)27(5,6)7)28-25-22-15-20(33(35)36)12-13-21(22)23(16-34)31(30-25)19-10-8-18(9-11-19)26(2,3)4/h8-16,23H,1-7H3,(H,28,30). The molecular weight excluding hydrogens is 456 g/mol. The molecular formula is C27H32N6O3. The van der Waals surface area contributed by atoms with Gasteiger partial charge >= 0.3 is 0 Å². The van der Waals surface area contributed by atoms with Gasteiger partial charge in [-0.25, -0.2) is 9.69 Å². The summed E-state index contributed by atoms with van der Waals surface area (Å²) in [7, 11) is 0. The Balaban J connectivity index is 1.87. The van der Waals surface area contributed by atoms with E-state index in [9.17, 15) is 14.9 Å². The Morgan fingerprint density at radius 3 is 2.25 bits per heavy atom. The second-order valence-corrected chi connectivity index (χ2v) is 11.1. The molecule has 0 amide bonds. The normalized spacial score (nSPS) is 15.8. The van der Waals surface area contributed by atoms with E-state index < -0.39 is 11.0 Å². The maximum Gasteiger partial charge on any atom is 0.270 e. The highest BCUT2D eigenvalue weighted by Crippen LogP contribution is 2.36. The fourth-order valence-electron chi connectivity index (χ4n) is 4.25. The number of hydrazone groups is 1. The van der Waals surface area contributed by atoms with Gasteiger partial charge in [0, 0.05) is 23.8 Å². The third-order valence-corrected chi connectivity index (χ3v) is 6.13. The molecule has 36 heavy (non-hydrogen) atoms. The summed E-state index contributed by atoms with van der Waals surface area (Å²) in [5, 5.41) is 26.0. The van der Waals surface area contributed by atoms with Crippen LogP contribution in [0.2, 0.25) is 0 Å². The molecule has 1 aliphatic heterocycles. The Morgan fingerprint density at radius 2 is 1.69 bits per heavy atom. The van der Waals surface area contributed by atoms with Crippen LogP contribution >= 0.6 is 0 Å². The van der Waals surface area contributed by atoms with Crippen molar-refractivity contribution in [3.05, 3.63) is 81.0 Å². The van der Waals surface area contributed by atoms with E-state index >= 15 is 0 Å². The fraction of sp³-hybridized carbons (Fsp3) is 0.370. The summed E-state index contributed by atoms with van der Waals surface area (Å²) in [4.78, 5) is 23.4. The minimum absolute atomic E-state index is 0.0186. The Labute approximate surface area is 211 Å². The first kappa shape index (κ1) is 25.1. The second kappa shape index (κ2) is 8.89. The zero-order chi connectivity index (χ0) is 26.4. The maximum atomic E-state index is 12.3. The quantitative estimate of drug-likeness (QED) is 0.287. The van der Waals surface area contributed by atoms with E-state index in [2.05, 4.69) is 31.2 Å². The number of hydrogen-bond donors (Lipinski definition) is 1. The van der Waals surface area contributed by atoms with Crippen LogP contribution < -0.4 is 10.3 Å². The number of aromatic nitrogens is 2. The summed E-state index contributed by atoms with van der Waals surface area (Å²) in [6.07, 6.45) is 0.812. The molecule has 9 heteroatoms. The fourth-order valence-corrected chi connectivity index (χ4v) is 4.25. The van der Waals surface area contributed by atoms with Crippen LogP contribution in [-0.2, 0) is 15.7 Å². The van der Waals surface area contributed by atoms with Crippen molar-refractivity contribution >= 4 is 29.3 Å². The van der Waals surface area contributed by atoms with Crippen LogP contribution in [0, 0.1) is 17.0 Å². The number of hydrogen-bond acceptors (Lipinski definition) is 7. The third-order valence-electron chi connectivity index (χ3n) is 6.13. The van der Waals surface area contributed by atoms with Gasteiger partial charge in [-0.2, -0.15) is 10.2 Å². The molecule has 3 aromatic rings. The number of aryl methyl sites for hydroxylation is 1. The van der Waals surface area contributed by atoms with E-state index in [1.54, 1.807) is 11.1 Å². The molecule has 0 bridgehead atoms. The number of nitro benzene ring substituents is 1. The van der Waals surface area contributed by atoms with Crippen LogP contribution in [0.25, 0.3) is 0 Å². The van der Waals surface area contributed by atoms with Crippen LogP contribution in [-0.4, -0.2) is 26.8 Å². The van der Waals surface area contributed by atoms with E-state index in [0.29, 0.717) is 22.8 Å². The number of non-ortho nitro benzene ring substituents is 1. The van der Waals surface area contributed by atoms with Crippen molar-refractivity contribution in [2.24, 2.45) is 5.10 Å². The summed E-state index contributed by atoms with van der Waals surface area (Å²) in [6, 6.07) is 13.6. The number of rotatable bonds is 4. The van der Waals surface area contributed by atoms with E-state index in [1.807, 2.05) is 62.7 Å². The number of carbonyl (C=O) groups is 1. The first-order valence-corrected chi connectivity index (χ1v) is 11.9. The average Bonchev–Trinajstić information content (AvgIpc) is 3.18. The van der Waals surface area contributed by atoms with Gasteiger partial charge in [-0.05, 0) is 62.4 Å². The van der Waals surface area contributed by atoms with Crippen molar-refractivity contribution in [2.75, 3.05) is 10.3 Å². The molecule has 1 unspecified atom stereocenters. The van der Waals surface area contributed by atoms with Crippen molar-refractivity contribution in [1.82, 2.24) is 9.78 Å². The van der Waals surface area contributed by atoms with Gasteiger partial charge in [0.05, 0.1) is 21.8 Å². The highest BCUT2D eigenvalue weighted by Gasteiger charge is 2.32. The summed E-state index contributed by atoms with van der Waals surface area (Å²) >= 11 is 0. The summed E-state index contributed by atoms with van der Waals surface area (Å²) in [6.45, 7) is 14.4. The smallest absolute Gasteiger partial charge is 0.270 e. The predicted octanol–water partition coefficient (Wildman–Crippen LogP) is 5.69. The Morgan fingerprint density at radius 1 is 1.03 bits per heavy atom. The summed E-state index contributed by atoms with van der Waals surface area (Å²) < 4.78 is 1.86. The molecule has 0 aliphatic carbocycles. The molecule has 1 aromatic heterocycles. The van der Waals surface area contributed by atoms with Crippen LogP contribution in [0.5, 0.6) is 0 Å². The maximum absolute atomic E-state index is 12.3. The number of carbonyl (C=O) groups excluding carboxylic acids is 1. The lowest BCUT2D eigenvalue weighted by atomic mass is 9.87. The number of nitrogens with one attached hydrogen (secondary N) is 1. The summed E-state index contributed by atoms with van der Waals surface area (Å²) in [5.41, 5.74) is 3.45. The first-order chi connectivity index (χ1) is 16.8. The minimum Gasteiger partial charge on any atom is -0.323 e. The van der Waals surface area contributed by atoms with Crippen LogP contribution in [0.1, 0.15) is 70.0 Å². The van der Waals surface area contributed by atoms with Crippen molar-refractivity contribution in [3.8, 4) is 0 Å². The highest BCUT2D eigenvalue weighted by atomic mass is 16.6. The number of nitro groups is 1. The molecule has 0 radical (unpaired) electrons. The number of nitrogens with zero attached hydrogens (tertiary/aromatic N) is 5. The molecule has 9 nitrogen and oxygen atoms in total. The van der Waals surface area contributed by atoms with Crippen molar-refractivity contribution in [1.29, 1.82) is 0 Å². The number of aldehydes is 1. The monoisotopic (exact) mass is 488 g/mol. The number of fused-ring (bicyclic) bond motifs is 1. The van der Waals surface area contributed by atoms with Gasteiger partial charge in [-0.3, -0.25) is 10.1 Å². The van der Waals surface area contributed by atoms with E-state index in [0.717, 1.165) is 23.2 Å². The van der Waals surface area contributed by atoms with E-state index in [4.69, 9.17) is 5.10 Å². The Hall–Kier alpha value is -4.01. The average molecular weight is 489 g/mol. The first-order valence-electron chi connectivity index (χ1n) is 11.9. The van der Waals surface area contributed by atoms with Crippen molar-refractivity contribution < 1.29 is 9.72 Å². The molecule has 2 aromatic carbocycles. The van der Waals surface area contributed by atoms with Gasteiger partial charge in [-0.1, -0.05) is 32.9 Å². The molecule has 1 atom stereocenters. The van der Waals surface area contributed by atoms with Crippen LogP contribution in [0.3, 0.4) is 0 Å². The van der Waals surface area contributed by atoms with Crippen molar-refractivity contribution in [3.63, 3.8) is 0 Å². The second-order valence-electron chi connectivity index (χ2n) is 11.1. The lowest BCUT2D eigenvalue weighted by Crippen LogP contribution is -2.36. The van der Waals surface area contributed by atoms with Gasteiger partial charge < -0.3 is 10.1 Å². The lowest BCUT2D eigenvalue weighted by Gasteiger charge is -2.33. The Kier molecular flexibility index (Phi) is 6.20. The topological polar surface area (TPSA) is 106 Å². The number of benzene rings is 2. The van der Waals surface area contributed by atoms with Crippen molar-refractivity contribution in [2.45, 2.75) is 65.5 Å². The third kappa shape index (κ3) is 4.73. The summed E-state index contributed by atoms with van der Waals surface area (Å²) in [5.74, 6) is 1.10.